The van der Waals surface area contributed by atoms with Crippen LogP contribution in [0.15, 0.2) is 0 Å². The van der Waals surface area contributed by atoms with Gasteiger partial charge in [0, 0.05) is 31.4 Å². The van der Waals surface area contributed by atoms with Gasteiger partial charge in [-0.15, -0.1) is 0 Å². The van der Waals surface area contributed by atoms with Gasteiger partial charge in [-0.25, -0.2) is 0 Å². The van der Waals surface area contributed by atoms with E-state index in [2.05, 4.69) is 16.9 Å². The van der Waals surface area contributed by atoms with Gasteiger partial charge in [0.1, 0.15) is 0 Å². The molecule has 2 heterocycles. The second-order valence-corrected chi connectivity index (χ2v) is 5.19. The Balaban J connectivity index is 2.07. The van der Waals surface area contributed by atoms with Crippen LogP contribution in [0, 0.1) is 19.8 Å². The van der Waals surface area contributed by atoms with Crippen molar-refractivity contribution in [2.75, 3.05) is 13.1 Å². The van der Waals surface area contributed by atoms with Crippen molar-refractivity contribution in [1.82, 2.24) is 14.7 Å². The number of carboxylic acid groups (broad SMARTS) is 1. The van der Waals surface area contributed by atoms with Crippen LogP contribution in [-0.2, 0) is 18.4 Å². The zero-order valence-electron chi connectivity index (χ0n) is 11.3. The molecule has 0 aliphatic carbocycles. The van der Waals surface area contributed by atoms with Crippen molar-refractivity contribution in [3.8, 4) is 0 Å². The SMILES string of the molecule is Cc1nn(C)c(C)c1CN1CCC[C@@H](C(=O)O)C1. The highest BCUT2D eigenvalue weighted by Crippen LogP contribution is 2.21. The molecule has 18 heavy (non-hydrogen) atoms. The third kappa shape index (κ3) is 2.56. The maximum atomic E-state index is 11.0. The molecule has 1 aromatic rings. The average Bonchev–Trinajstić information content (AvgIpc) is 2.56. The zero-order chi connectivity index (χ0) is 13.3. The summed E-state index contributed by atoms with van der Waals surface area (Å²) in [5.41, 5.74) is 3.46. The molecule has 0 saturated carbocycles. The van der Waals surface area contributed by atoms with E-state index >= 15 is 0 Å². The Hall–Kier alpha value is -1.36. The number of aromatic nitrogens is 2. The van der Waals surface area contributed by atoms with Gasteiger partial charge in [-0.3, -0.25) is 14.4 Å². The highest BCUT2D eigenvalue weighted by Gasteiger charge is 2.26. The second kappa shape index (κ2) is 5.10. The van der Waals surface area contributed by atoms with Gasteiger partial charge >= 0.3 is 5.97 Å². The maximum Gasteiger partial charge on any atom is 0.307 e. The maximum absolute atomic E-state index is 11.0. The average molecular weight is 251 g/mol. The largest absolute Gasteiger partial charge is 0.481 e. The molecule has 0 radical (unpaired) electrons. The molecule has 0 bridgehead atoms. The van der Waals surface area contributed by atoms with Gasteiger partial charge < -0.3 is 5.11 Å². The summed E-state index contributed by atoms with van der Waals surface area (Å²) in [6.07, 6.45) is 1.77. The predicted molar refractivity (Wildman–Crippen MR) is 68.3 cm³/mol. The fraction of sp³-hybridized carbons (Fsp3) is 0.692. The van der Waals surface area contributed by atoms with E-state index in [0.29, 0.717) is 6.54 Å². The molecule has 1 fully saturated rings. The first kappa shape index (κ1) is 13.1. The van der Waals surface area contributed by atoms with E-state index in [9.17, 15) is 4.79 Å². The van der Waals surface area contributed by atoms with Gasteiger partial charge in [-0.05, 0) is 33.2 Å². The van der Waals surface area contributed by atoms with Crippen LogP contribution in [0.2, 0.25) is 0 Å². The van der Waals surface area contributed by atoms with Crippen LogP contribution in [0.5, 0.6) is 0 Å². The van der Waals surface area contributed by atoms with Gasteiger partial charge in [-0.2, -0.15) is 5.10 Å². The molecule has 1 atom stereocenters. The van der Waals surface area contributed by atoms with Gasteiger partial charge in [0.2, 0.25) is 0 Å². The molecule has 0 unspecified atom stereocenters. The summed E-state index contributed by atoms with van der Waals surface area (Å²) < 4.78 is 1.89. The Bertz CT molecular complexity index is 453. The number of carbonyl (C=O) groups is 1. The Kier molecular flexibility index (Phi) is 3.71. The van der Waals surface area contributed by atoms with Crippen molar-refractivity contribution >= 4 is 5.97 Å². The predicted octanol–water partition coefficient (Wildman–Crippen LogP) is 1.33. The van der Waals surface area contributed by atoms with Crippen molar-refractivity contribution in [3.63, 3.8) is 0 Å². The summed E-state index contributed by atoms with van der Waals surface area (Å²) >= 11 is 0. The molecule has 1 N–H and O–H groups in total. The van der Waals surface area contributed by atoms with E-state index in [1.807, 2.05) is 18.7 Å². The number of aryl methyl sites for hydroxylation is 2. The van der Waals surface area contributed by atoms with Gasteiger partial charge in [0.15, 0.2) is 0 Å². The van der Waals surface area contributed by atoms with Crippen molar-refractivity contribution in [3.05, 3.63) is 17.0 Å². The summed E-state index contributed by atoms with van der Waals surface area (Å²) in [4.78, 5) is 13.3. The highest BCUT2D eigenvalue weighted by molar-refractivity contribution is 5.70. The third-order valence-corrected chi connectivity index (χ3v) is 3.90. The summed E-state index contributed by atoms with van der Waals surface area (Å²) in [5, 5.41) is 13.5. The van der Waals surface area contributed by atoms with Crippen molar-refractivity contribution in [2.45, 2.75) is 33.2 Å². The van der Waals surface area contributed by atoms with Gasteiger partial charge in [0.25, 0.3) is 0 Å². The van der Waals surface area contributed by atoms with Crippen LogP contribution >= 0.6 is 0 Å². The van der Waals surface area contributed by atoms with Crippen LogP contribution < -0.4 is 0 Å². The molecule has 2 rings (SSSR count). The lowest BCUT2D eigenvalue weighted by atomic mass is 9.97. The molecule has 1 saturated heterocycles. The fourth-order valence-electron chi connectivity index (χ4n) is 2.67. The molecular weight excluding hydrogens is 230 g/mol. The lowest BCUT2D eigenvalue weighted by Gasteiger charge is -2.30. The zero-order valence-corrected chi connectivity index (χ0v) is 11.3. The van der Waals surface area contributed by atoms with E-state index < -0.39 is 5.97 Å². The number of piperidine rings is 1. The van der Waals surface area contributed by atoms with E-state index in [0.717, 1.165) is 31.6 Å². The fourth-order valence-corrected chi connectivity index (χ4v) is 2.67. The standard InChI is InChI=1S/C13H21N3O2/c1-9-12(10(2)15(3)14-9)8-16-6-4-5-11(7-16)13(17)18/h11H,4-8H2,1-3H3,(H,17,18)/t11-/m1/s1. The van der Waals surface area contributed by atoms with Crippen LogP contribution in [0.1, 0.15) is 29.8 Å². The Morgan fingerprint density at radius 1 is 1.50 bits per heavy atom. The number of nitrogens with zero attached hydrogens (tertiary/aromatic N) is 3. The number of likely N-dealkylation sites (tertiary alicyclic amines) is 1. The summed E-state index contributed by atoms with van der Waals surface area (Å²) in [6, 6.07) is 0. The summed E-state index contributed by atoms with van der Waals surface area (Å²) in [5.74, 6) is -0.879. The number of rotatable bonds is 3. The van der Waals surface area contributed by atoms with Crippen molar-refractivity contribution in [2.24, 2.45) is 13.0 Å². The molecule has 1 aliphatic rings. The summed E-state index contributed by atoms with van der Waals surface area (Å²) in [7, 11) is 1.95. The minimum Gasteiger partial charge on any atom is -0.481 e. The Labute approximate surface area is 107 Å². The molecule has 5 nitrogen and oxygen atoms in total. The first-order valence-corrected chi connectivity index (χ1v) is 6.43. The molecule has 1 aliphatic heterocycles. The number of hydrogen-bond donors (Lipinski definition) is 1. The highest BCUT2D eigenvalue weighted by atomic mass is 16.4. The minimum atomic E-state index is -0.667. The molecule has 0 spiro atoms. The van der Waals surface area contributed by atoms with E-state index in [1.54, 1.807) is 0 Å². The first-order valence-electron chi connectivity index (χ1n) is 6.43. The number of aliphatic carboxylic acids is 1. The smallest absolute Gasteiger partial charge is 0.307 e. The van der Waals surface area contributed by atoms with Crippen molar-refractivity contribution in [1.29, 1.82) is 0 Å². The number of carboxylic acids is 1. The lowest BCUT2D eigenvalue weighted by molar-refractivity contribution is -0.143. The minimum absolute atomic E-state index is 0.212. The molecular formula is C13H21N3O2. The van der Waals surface area contributed by atoms with Gasteiger partial charge in [-0.1, -0.05) is 0 Å². The van der Waals surface area contributed by atoms with E-state index in [4.69, 9.17) is 5.11 Å². The number of hydrogen-bond acceptors (Lipinski definition) is 3. The molecule has 100 valence electrons. The second-order valence-electron chi connectivity index (χ2n) is 5.19. The molecule has 1 aromatic heterocycles. The van der Waals surface area contributed by atoms with Crippen LogP contribution in [0.25, 0.3) is 0 Å². The van der Waals surface area contributed by atoms with E-state index in [-0.39, 0.29) is 5.92 Å². The Morgan fingerprint density at radius 2 is 2.22 bits per heavy atom. The van der Waals surface area contributed by atoms with Crippen LogP contribution in [-0.4, -0.2) is 38.8 Å². The first-order chi connectivity index (χ1) is 8.49. The molecule has 5 heteroatoms. The quantitative estimate of drug-likeness (QED) is 0.880. The van der Waals surface area contributed by atoms with Crippen LogP contribution in [0.4, 0.5) is 0 Å². The van der Waals surface area contributed by atoms with E-state index in [1.165, 1.54) is 11.3 Å². The lowest BCUT2D eigenvalue weighted by Crippen LogP contribution is -2.38. The third-order valence-electron chi connectivity index (χ3n) is 3.90. The van der Waals surface area contributed by atoms with Crippen molar-refractivity contribution < 1.29 is 9.90 Å². The topological polar surface area (TPSA) is 58.4 Å². The summed E-state index contributed by atoms with van der Waals surface area (Å²) in [6.45, 7) is 6.53. The Morgan fingerprint density at radius 3 is 2.78 bits per heavy atom. The van der Waals surface area contributed by atoms with Crippen LogP contribution in [0.3, 0.4) is 0 Å². The molecule has 0 amide bonds. The monoisotopic (exact) mass is 251 g/mol. The normalized spacial score (nSPS) is 21.2. The van der Waals surface area contributed by atoms with Gasteiger partial charge in [0.05, 0.1) is 11.6 Å². The molecule has 0 aromatic carbocycles.